The Morgan fingerprint density at radius 1 is 1.26 bits per heavy atom. The molecule has 2 aromatic rings. The highest BCUT2D eigenvalue weighted by Crippen LogP contribution is 2.26. The Morgan fingerprint density at radius 2 is 2.00 bits per heavy atom. The van der Waals surface area contributed by atoms with E-state index in [0.717, 1.165) is 8.04 Å². The predicted molar refractivity (Wildman–Crippen MR) is 90.7 cm³/mol. The maximum Gasteiger partial charge on any atom is 0.256 e. The van der Waals surface area contributed by atoms with Gasteiger partial charge in [-0.2, -0.15) is 0 Å². The van der Waals surface area contributed by atoms with E-state index in [-0.39, 0.29) is 5.91 Å². The summed E-state index contributed by atoms with van der Waals surface area (Å²) >= 11 is 11.5. The number of nitrogen functional groups attached to an aromatic ring is 1. The van der Waals surface area contributed by atoms with Gasteiger partial charge in [-0.15, -0.1) is 0 Å². The van der Waals surface area contributed by atoms with Crippen LogP contribution in [0.15, 0.2) is 40.9 Å². The van der Waals surface area contributed by atoms with Crippen LogP contribution in [0.3, 0.4) is 0 Å². The van der Waals surface area contributed by atoms with Crippen molar-refractivity contribution < 1.29 is 4.79 Å². The molecule has 98 valence electrons. The van der Waals surface area contributed by atoms with E-state index in [2.05, 4.69) is 43.8 Å². The maximum absolute atomic E-state index is 12.2. The molecule has 0 fully saturated rings. The molecule has 2 aromatic carbocycles. The lowest BCUT2D eigenvalue weighted by Gasteiger charge is -2.09. The quantitative estimate of drug-likeness (QED) is 0.520. The van der Waals surface area contributed by atoms with Gasteiger partial charge in [0, 0.05) is 13.7 Å². The minimum atomic E-state index is -0.224. The highest BCUT2D eigenvalue weighted by atomic mass is 127. The Labute approximate surface area is 137 Å². The van der Waals surface area contributed by atoms with Crippen molar-refractivity contribution in [2.45, 2.75) is 0 Å². The molecule has 0 aliphatic carbocycles. The predicted octanol–water partition coefficient (Wildman–Crippen LogP) is 4.54. The molecule has 0 aliphatic rings. The number of rotatable bonds is 2. The van der Waals surface area contributed by atoms with Gasteiger partial charge in [-0.3, -0.25) is 4.79 Å². The van der Waals surface area contributed by atoms with Crippen molar-refractivity contribution in [2.75, 3.05) is 11.1 Å². The fourth-order valence-corrected chi connectivity index (χ4v) is 2.61. The first-order chi connectivity index (χ1) is 8.97. The Morgan fingerprint density at radius 3 is 2.74 bits per heavy atom. The van der Waals surface area contributed by atoms with Gasteiger partial charge in [0.1, 0.15) is 0 Å². The van der Waals surface area contributed by atoms with Crippen molar-refractivity contribution in [1.29, 1.82) is 0 Å². The fraction of sp³-hybridized carbons (Fsp3) is 0. The molecule has 0 radical (unpaired) electrons. The molecule has 0 atom stereocenters. The van der Waals surface area contributed by atoms with Gasteiger partial charge in [0.25, 0.3) is 5.91 Å². The zero-order valence-corrected chi connectivity index (χ0v) is 14.1. The zero-order chi connectivity index (χ0) is 14.0. The van der Waals surface area contributed by atoms with Crippen LogP contribution in [0.2, 0.25) is 5.02 Å². The summed E-state index contributed by atoms with van der Waals surface area (Å²) in [6, 6.07) is 10.5. The molecular formula is C13H9BrClIN2O. The Kier molecular flexibility index (Phi) is 4.70. The molecule has 1 amide bonds. The van der Waals surface area contributed by atoms with Gasteiger partial charge >= 0.3 is 0 Å². The van der Waals surface area contributed by atoms with Crippen LogP contribution in [0.4, 0.5) is 11.4 Å². The van der Waals surface area contributed by atoms with E-state index >= 15 is 0 Å². The lowest BCUT2D eigenvalue weighted by molar-refractivity contribution is 0.102. The summed E-state index contributed by atoms with van der Waals surface area (Å²) in [6.07, 6.45) is 0. The number of carbonyl (C=O) groups excluding carboxylic acids is 1. The summed E-state index contributed by atoms with van der Waals surface area (Å²) in [4.78, 5) is 12.2. The van der Waals surface area contributed by atoms with E-state index in [1.165, 1.54) is 0 Å². The number of nitrogens with one attached hydrogen (secondary N) is 1. The molecule has 0 spiro atoms. The van der Waals surface area contributed by atoms with Crippen molar-refractivity contribution in [3.05, 3.63) is 55.0 Å². The first kappa shape index (κ1) is 14.6. The van der Waals surface area contributed by atoms with Crippen LogP contribution in [0.25, 0.3) is 0 Å². The van der Waals surface area contributed by atoms with Crippen LogP contribution in [0.5, 0.6) is 0 Å². The largest absolute Gasteiger partial charge is 0.399 e. The summed E-state index contributed by atoms with van der Waals surface area (Å²) in [7, 11) is 0. The SMILES string of the molecule is Nc1ccc(Cl)c(NC(=O)c2cc(Br)ccc2I)c1. The zero-order valence-electron chi connectivity index (χ0n) is 9.58. The first-order valence-corrected chi connectivity index (χ1v) is 7.54. The molecule has 0 heterocycles. The Balaban J connectivity index is 2.30. The third-order valence-corrected chi connectivity index (χ3v) is 4.18. The van der Waals surface area contributed by atoms with E-state index in [0.29, 0.717) is 22.0 Å². The molecule has 3 N–H and O–H groups in total. The topological polar surface area (TPSA) is 55.1 Å². The third kappa shape index (κ3) is 3.61. The van der Waals surface area contributed by atoms with Crippen molar-refractivity contribution >= 4 is 67.4 Å². The van der Waals surface area contributed by atoms with Gasteiger partial charge in [0.15, 0.2) is 0 Å². The van der Waals surface area contributed by atoms with Crippen LogP contribution in [0, 0.1) is 3.57 Å². The first-order valence-electron chi connectivity index (χ1n) is 5.29. The highest BCUT2D eigenvalue weighted by molar-refractivity contribution is 14.1. The minimum Gasteiger partial charge on any atom is -0.399 e. The average molecular weight is 451 g/mol. The molecule has 19 heavy (non-hydrogen) atoms. The number of halogens is 3. The second-order valence-corrected chi connectivity index (χ2v) is 6.30. The van der Waals surface area contributed by atoms with Crippen LogP contribution in [-0.4, -0.2) is 5.91 Å². The van der Waals surface area contributed by atoms with E-state index in [1.807, 2.05) is 12.1 Å². The number of hydrogen-bond acceptors (Lipinski definition) is 2. The smallest absolute Gasteiger partial charge is 0.256 e. The summed E-state index contributed by atoms with van der Waals surface area (Å²) in [6.45, 7) is 0. The lowest BCUT2D eigenvalue weighted by Crippen LogP contribution is -2.14. The molecular weight excluding hydrogens is 442 g/mol. The maximum atomic E-state index is 12.2. The Hall–Kier alpha value is -0.790. The number of benzene rings is 2. The molecule has 0 unspecified atom stereocenters. The average Bonchev–Trinajstić information content (AvgIpc) is 2.36. The second-order valence-electron chi connectivity index (χ2n) is 3.82. The van der Waals surface area contributed by atoms with E-state index < -0.39 is 0 Å². The van der Waals surface area contributed by atoms with E-state index in [9.17, 15) is 4.79 Å². The van der Waals surface area contributed by atoms with Crippen LogP contribution >= 0.6 is 50.1 Å². The second kappa shape index (κ2) is 6.11. The van der Waals surface area contributed by atoms with Crippen molar-refractivity contribution in [3.8, 4) is 0 Å². The number of hydrogen-bond donors (Lipinski definition) is 2. The fourth-order valence-electron chi connectivity index (χ4n) is 1.50. The molecule has 0 bridgehead atoms. The molecule has 0 aromatic heterocycles. The number of anilines is 2. The van der Waals surface area contributed by atoms with Gasteiger partial charge in [-0.25, -0.2) is 0 Å². The van der Waals surface area contributed by atoms with Crippen LogP contribution < -0.4 is 11.1 Å². The summed E-state index contributed by atoms with van der Waals surface area (Å²) in [5.74, 6) is -0.224. The number of amides is 1. The van der Waals surface area contributed by atoms with E-state index in [1.54, 1.807) is 24.3 Å². The van der Waals surface area contributed by atoms with Gasteiger partial charge in [-0.05, 0) is 59.0 Å². The minimum absolute atomic E-state index is 0.224. The third-order valence-electron chi connectivity index (χ3n) is 2.41. The molecule has 3 nitrogen and oxygen atoms in total. The lowest BCUT2D eigenvalue weighted by atomic mass is 10.2. The van der Waals surface area contributed by atoms with Gasteiger partial charge in [0.05, 0.1) is 16.3 Å². The normalized spacial score (nSPS) is 10.3. The van der Waals surface area contributed by atoms with Crippen molar-refractivity contribution in [3.63, 3.8) is 0 Å². The standard InChI is InChI=1S/C13H9BrClIN2O/c14-7-1-4-11(16)9(5-7)13(19)18-12-6-8(17)2-3-10(12)15/h1-6H,17H2,(H,18,19). The van der Waals surface area contributed by atoms with Gasteiger partial charge in [0.2, 0.25) is 0 Å². The molecule has 0 aliphatic heterocycles. The molecule has 0 saturated heterocycles. The van der Waals surface area contributed by atoms with Crippen LogP contribution in [-0.2, 0) is 0 Å². The van der Waals surface area contributed by atoms with Crippen molar-refractivity contribution in [1.82, 2.24) is 0 Å². The van der Waals surface area contributed by atoms with Crippen molar-refractivity contribution in [2.24, 2.45) is 0 Å². The molecule has 6 heteroatoms. The van der Waals surface area contributed by atoms with Gasteiger partial charge in [-0.1, -0.05) is 27.5 Å². The summed E-state index contributed by atoms with van der Waals surface area (Å²) < 4.78 is 1.70. The summed E-state index contributed by atoms with van der Waals surface area (Å²) in [5.41, 5.74) is 7.30. The van der Waals surface area contributed by atoms with Crippen LogP contribution in [0.1, 0.15) is 10.4 Å². The molecule has 0 saturated carbocycles. The van der Waals surface area contributed by atoms with Gasteiger partial charge < -0.3 is 11.1 Å². The number of nitrogens with two attached hydrogens (primary N) is 1. The summed E-state index contributed by atoms with van der Waals surface area (Å²) in [5, 5.41) is 3.21. The highest BCUT2D eigenvalue weighted by Gasteiger charge is 2.12. The number of carbonyl (C=O) groups is 1. The monoisotopic (exact) mass is 450 g/mol. The molecule has 2 rings (SSSR count). The van der Waals surface area contributed by atoms with E-state index in [4.69, 9.17) is 17.3 Å². The Bertz CT molecular complexity index is 649.